The molecule has 134 valence electrons. The molecule has 0 spiro atoms. The van der Waals surface area contributed by atoms with E-state index in [2.05, 4.69) is 0 Å². The van der Waals surface area contributed by atoms with Gasteiger partial charge in [-0.3, -0.25) is 9.59 Å². The van der Waals surface area contributed by atoms with Crippen molar-refractivity contribution in [2.45, 2.75) is 91.6 Å². The first-order valence-electron chi connectivity index (χ1n) is 9.08. The van der Waals surface area contributed by atoms with Crippen LogP contribution in [0.2, 0.25) is 0 Å². The van der Waals surface area contributed by atoms with Crippen molar-refractivity contribution in [3.05, 3.63) is 0 Å². The minimum Gasteiger partial charge on any atom is -0.465 e. The van der Waals surface area contributed by atoms with Gasteiger partial charge in [-0.2, -0.15) is 0 Å². The zero-order valence-corrected chi connectivity index (χ0v) is 15.6. The number of carbonyl (C=O) groups excluding carboxylic acids is 2. The van der Waals surface area contributed by atoms with Crippen LogP contribution in [0.1, 0.15) is 86.0 Å². The molecule has 0 aromatic rings. The molecule has 1 aliphatic rings. The Kier molecular flexibility index (Phi) is 7.56. The summed E-state index contributed by atoms with van der Waals surface area (Å²) in [7, 11) is 0. The summed E-state index contributed by atoms with van der Waals surface area (Å²) in [6.45, 7) is 10.0. The minimum atomic E-state index is -0.455. The van der Waals surface area contributed by atoms with Gasteiger partial charge in [0.25, 0.3) is 0 Å². The molecule has 0 N–H and O–H groups in total. The van der Waals surface area contributed by atoms with Gasteiger partial charge in [-0.25, -0.2) is 0 Å². The summed E-state index contributed by atoms with van der Waals surface area (Å²) in [4.78, 5) is 23.9. The van der Waals surface area contributed by atoms with E-state index in [0.717, 1.165) is 19.3 Å². The summed E-state index contributed by atoms with van der Waals surface area (Å²) in [5.41, 5.74) is -0.845. The van der Waals surface area contributed by atoms with Crippen molar-refractivity contribution in [3.8, 4) is 0 Å². The summed E-state index contributed by atoms with van der Waals surface area (Å²) in [6, 6.07) is 0. The molecule has 0 heterocycles. The molecular formula is C19H34O4. The van der Waals surface area contributed by atoms with Crippen molar-refractivity contribution in [2.24, 2.45) is 11.3 Å². The van der Waals surface area contributed by atoms with E-state index in [9.17, 15) is 9.59 Å². The van der Waals surface area contributed by atoms with Gasteiger partial charge in [0.05, 0.1) is 12.0 Å². The van der Waals surface area contributed by atoms with E-state index in [4.69, 9.17) is 9.47 Å². The Morgan fingerprint density at radius 3 is 2.22 bits per heavy atom. The highest BCUT2D eigenvalue weighted by Gasteiger charge is 2.34. The molecule has 1 saturated carbocycles. The number of rotatable bonds is 8. The molecule has 1 aliphatic carbocycles. The van der Waals surface area contributed by atoms with E-state index >= 15 is 0 Å². The molecule has 0 saturated heterocycles. The quantitative estimate of drug-likeness (QED) is 0.481. The van der Waals surface area contributed by atoms with Crippen LogP contribution in [0.3, 0.4) is 0 Å². The monoisotopic (exact) mass is 326 g/mol. The predicted molar refractivity (Wildman–Crippen MR) is 91.0 cm³/mol. The summed E-state index contributed by atoms with van der Waals surface area (Å²) in [5.74, 6) is 0.0747. The van der Waals surface area contributed by atoms with Gasteiger partial charge in [-0.05, 0) is 59.3 Å². The van der Waals surface area contributed by atoms with E-state index in [1.54, 1.807) is 0 Å². The Balaban J connectivity index is 2.27. The van der Waals surface area contributed by atoms with Crippen LogP contribution in [0.4, 0.5) is 0 Å². The van der Waals surface area contributed by atoms with Gasteiger partial charge in [0.2, 0.25) is 0 Å². The maximum Gasteiger partial charge on any atom is 0.311 e. The third-order valence-electron chi connectivity index (χ3n) is 5.16. The topological polar surface area (TPSA) is 52.6 Å². The Bertz CT molecular complexity index is 392. The van der Waals surface area contributed by atoms with Gasteiger partial charge >= 0.3 is 11.9 Å². The first kappa shape index (κ1) is 20.0. The Hall–Kier alpha value is -1.06. The maximum absolute atomic E-state index is 12.0. The van der Waals surface area contributed by atoms with Crippen LogP contribution in [-0.2, 0) is 19.1 Å². The number of ether oxygens (including phenoxy) is 2. The highest BCUT2D eigenvalue weighted by molar-refractivity contribution is 5.75. The van der Waals surface area contributed by atoms with Crippen LogP contribution >= 0.6 is 0 Å². The predicted octanol–water partition coefficient (Wildman–Crippen LogP) is 4.65. The summed E-state index contributed by atoms with van der Waals surface area (Å²) in [6.07, 6.45) is 7.60. The van der Waals surface area contributed by atoms with E-state index in [-0.39, 0.29) is 18.5 Å². The van der Waals surface area contributed by atoms with Crippen molar-refractivity contribution < 1.29 is 19.1 Å². The van der Waals surface area contributed by atoms with Crippen molar-refractivity contribution >= 4 is 11.9 Å². The van der Waals surface area contributed by atoms with Gasteiger partial charge < -0.3 is 9.47 Å². The molecule has 0 unspecified atom stereocenters. The second-order valence-electron chi connectivity index (χ2n) is 7.89. The lowest BCUT2D eigenvalue weighted by atomic mass is 9.79. The fourth-order valence-corrected chi connectivity index (χ4v) is 2.95. The van der Waals surface area contributed by atoms with E-state index in [0.29, 0.717) is 18.8 Å². The second-order valence-corrected chi connectivity index (χ2v) is 7.89. The van der Waals surface area contributed by atoms with Crippen LogP contribution in [-0.4, -0.2) is 24.1 Å². The lowest BCUT2D eigenvalue weighted by molar-refractivity contribution is -0.164. The Morgan fingerprint density at radius 1 is 1.04 bits per heavy atom. The van der Waals surface area contributed by atoms with Crippen LogP contribution in [0.5, 0.6) is 0 Å². The first-order valence-corrected chi connectivity index (χ1v) is 9.08. The van der Waals surface area contributed by atoms with Crippen LogP contribution in [0, 0.1) is 11.3 Å². The van der Waals surface area contributed by atoms with Crippen LogP contribution in [0.25, 0.3) is 0 Å². The third-order valence-corrected chi connectivity index (χ3v) is 5.16. The molecule has 1 rings (SSSR count). The number of carbonyl (C=O) groups is 2. The van der Waals surface area contributed by atoms with E-state index in [1.807, 2.05) is 34.6 Å². The van der Waals surface area contributed by atoms with Crippen molar-refractivity contribution in [1.82, 2.24) is 0 Å². The SMILES string of the molecule is CCC(C)(C)C(=O)OCCCC(=O)OC(C)(C)C1CCCCC1. The fourth-order valence-electron chi connectivity index (χ4n) is 2.95. The molecule has 0 aliphatic heterocycles. The fraction of sp³-hybridized carbons (Fsp3) is 0.895. The number of hydrogen-bond donors (Lipinski definition) is 0. The lowest BCUT2D eigenvalue weighted by Crippen LogP contribution is -2.37. The first-order chi connectivity index (χ1) is 10.7. The molecule has 0 amide bonds. The summed E-state index contributed by atoms with van der Waals surface area (Å²) < 4.78 is 10.9. The zero-order valence-electron chi connectivity index (χ0n) is 15.6. The van der Waals surface area contributed by atoms with Crippen molar-refractivity contribution in [2.75, 3.05) is 6.61 Å². The maximum atomic E-state index is 12.0. The van der Waals surface area contributed by atoms with Gasteiger partial charge in [0.1, 0.15) is 5.60 Å². The van der Waals surface area contributed by atoms with Crippen LogP contribution in [0.15, 0.2) is 0 Å². The molecule has 0 bridgehead atoms. The Labute approximate surface area is 141 Å². The van der Waals surface area contributed by atoms with Crippen LogP contribution < -0.4 is 0 Å². The highest BCUT2D eigenvalue weighted by Crippen LogP contribution is 2.35. The Morgan fingerprint density at radius 2 is 1.65 bits per heavy atom. The summed E-state index contributed by atoms with van der Waals surface area (Å²) >= 11 is 0. The van der Waals surface area contributed by atoms with Crippen molar-refractivity contribution in [3.63, 3.8) is 0 Å². The standard InChI is InChI=1S/C19H34O4/c1-6-18(2,3)17(21)22-14-10-13-16(20)23-19(4,5)15-11-8-7-9-12-15/h15H,6-14H2,1-5H3. The largest absolute Gasteiger partial charge is 0.465 e. The molecule has 4 nitrogen and oxygen atoms in total. The lowest BCUT2D eigenvalue weighted by Gasteiger charge is -2.36. The zero-order chi connectivity index (χ0) is 17.5. The van der Waals surface area contributed by atoms with Gasteiger partial charge in [-0.1, -0.05) is 26.2 Å². The second kappa shape index (κ2) is 8.70. The van der Waals surface area contributed by atoms with Gasteiger partial charge in [0.15, 0.2) is 0 Å². The minimum absolute atomic E-state index is 0.189. The molecule has 0 atom stereocenters. The summed E-state index contributed by atoms with van der Waals surface area (Å²) in [5, 5.41) is 0. The molecule has 23 heavy (non-hydrogen) atoms. The number of esters is 2. The average molecular weight is 326 g/mol. The molecule has 0 aromatic heterocycles. The van der Waals surface area contributed by atoms with Crippen molar-refractivity contribution in [1.29, 1.82) is 0 Å². The smallest absolute Gasteiger partial charge is 0.311 e. The highest BCUT2D eigenvalue weighted by atomic mass is 16.6. The molecule has 4 heteroatoms. The molecular weight excluding hydrogens is 292 g/mol. The molecule has 1 fully saturated rings. The molecule has 0 aromatic carbocycles. The average Bonchev–Trinajstić information content (AvgIpc) is 2.51. The van der Waals surface area contributed by atoms with Gasteiger partial charge in [0, 0.05) is 6.42 Å². The van der Waals surface area contributed by atoms with E-state index < -0.39 is 11.0 Å². The van der Waals surface area contributed by atoms with Gasteiger partial charge in [-0.15, -0.1) is 0 Å². The molecule has 0 radical (unpaired) electrons. The normalized spacial score (nSPS) is 16.9. The van der Waals surface area contributed by atoms with E-state index in [1.165, 1.54) is 19.3 Å². The number of hydrogen-bond acceptors (Lipinski definition) is 4. The third kappa shape index (κ3) is 6.52.